The molecule has 4 rings (SSSR count). The number of amides is 11. The maximum absolute atomic E-state index is 14.8. The van der Waals surface area contributed by atoms with Crippen molar-refractivity contribution in [2.75, 3.05) is 224 Å². The molecule has 20 N–H and O–H groups in total. The Hall–Kier alpha value is -7.28. The molecule has 0 saturated carbocycles. The summed E-state index contributed by atoms with van der Waals surface area (Å²) in [7, 11) is 0. The van der Waals surface area contributed by atoms with Crippen LogP contribution in [0.4, 0.5) is 0 Å². The molecule has 4 heterocycles. The van der Waals surface area contributed by atoms with Crippen LogP contribution in [-0.4, -0.2) is 493 Å². The molecule has 0 aromatic carbocycles. The van der Waals surface area contributed by atoms with Crippen LogP contribution in [0.1, 0.15) is 106 Å². The van der Waals surface area contributed by atoms with Gasteiger partial charge in [-0.05, 0) is 12.8 Å². The van der Waals surface area contributed by atoms with E-state index < -0.39 is 253 Å². The van der Waals surface area contributed by atoms with Crippen molar-refractivity contribution in [2.45, 2.75) is 228 Å². The van der Waals surface area contributed by atoms with E-state index in [0.29, 0.717) is 19.3 Å². The number of nitrogens with one attached hydrogen (secondary N) is 8. The van der Waals surface area contributed by atoms with Crippen LogP contribution in [0.2, 0.25) is 0 Å². The number of ether oxygens (including phenoxy) is 16. The van der Waals surface area contributed by atoms with Crippen molar-refractivity contribution < 1.29 is 195 Å². The molecule has 20 atom stereocenters. The number of carbonyl (C=O) groups excluding carboxylic acids is 12. The van der Waals surface area contributed by atoms with E-state index in [1.54, 1.807) is 0 Å². The zero-order valence-electron chi connectivity index (χ0n) is 77.4. The lowest BCUT2D eigenvalue weighted by molar-refractivity contribution is -0.272. The Kier molecular flexibility index (Phi) is 61.0. The van der Waals surface area contributed by atoms with E-state index in [2.05, 4.69) is 42.5 Å². The summed E-state index contributed by atoms with van der Waals surface area (Å²) in [5.41, 5.74) is 0. The highest BCUT2D eigenvalue weighted by molar-refractivity contribution is 5.89. The summed E-state index contributed by atoms with van der Waals surface area (Å²) in [5.74, 6) is -6.53. The number of hydrogen-bond donors (Lipinski definition) is 20. The first kappa shape index (κ1) is 119. The number of Topliss-reactive ketones (excluding diaryl/α,β-unsaturated/α-hetero) is 1. The molecule has 0 aromatic rings. The molecular formula is C83H147N11O40. The van der Waals surface area contributed by atoms with Crippen molar-refractivity contribution in [1.82, 2.24) is 57.2 Å². The van der Waals surface area contributed by atoms with Crippen molar-refractivity contribution in [3.05, 3.63) is 0 Å². The number of nitrogens with zero attached hydrogens (tertiary/aromatic N) is 3. The standard InChI is InChI=1S/C83H147N11O40/c1-51(2)56(103)15-13-11-9-7-8-10-12-14-16-65(108)94(41-66(109)92(21-29-123-47-61(104)84-17-25-119-33-37-127-80-68(88-52(3)99)76(115)72(111)57(43-95)131-80)22-30-124-48-62(105)85-18-26-120-34-38-128-81-69(89-53(4)100)77(116)73(112)58(44-96)132-81)42-67(110)93(23-31-125-49-63(106)86-19-27-121-35-39-129-82-70(90-54(5)101)78(117)74(113)59(45-97)133-82)24-32-126-50-64(107)87-20-28-122-36-40-130-83-71(91-55(6)102)79(118)75(114)60(46-98)134-83/h51,57-60,68-83,95-98,111-118H,7-50H2,1-6H3,(H,84,104)(H,85,105)(H,86,106)(H,87,107)(H,88,99)(H,89,100)(H,90,101)(H,91,102). The fourth-order valence-corrected chi connectivity index (χ4v) is 13.9. The minimum Gasteiger partial charge on any atom is -0.394 e. The predicted molar refractivity (Wildman–Crippen MR) is 460 cm³/mol. The summed E-state index contributed by atoms with van der Waals surface area (Å²) >= 11 is 0. The molecule has 0 bridgehead atoms. The summed E-state index contributed by atoms with van der Waals surface area (Å²) in [6.45, 7) is -0.895. The lowest BCUT2D eigenvalue weighted by Crippen LogP contribution is -2.64. The average Bonchev–Trinajstić information content (AvgIpc) is 0.817. The fraction of sp³-hybridized carbons (Fsp3) is 0.855. The average molecular weight is 1940 g/mol. The largest absolute Gasteiger partial charge is 0.394 e. The van der Waals surface area contributed by atoms with Crippen molar-refractivity contribution in [3.8, 4) is 0 Å². The monoisotopic (exact) mass is 1940 g/mol. The Morgan fingerprint density at radius 2 is 0.530 bits per heavy atom. The second kappa shape index (κ2) is 68.7. The Morgan fingerprint density at radius 3 is 0.761 bits per heavy atom. The number of carbonyl (C=O) groups is 12. The molecule has 0 radical (unpaired) electrons. The predicted octanol–water partition coefficient (Wildman–Crippen LogP) is -11.0. The lowest BCUT2D eigenvalue weighted by Gasteiger charge is -2.42. The molecule has 4 aliphatic rings. The maximum Gasteiger partial charge on any atom is 0.246 e. The van der Waals surface area contributed by atoms with Crippen LogP contribution in [0, 0.1) is 5.92 Å². The second-order valence-corrected chi connectivity index (χ2v) is 32.2. The van der Waals surface area contributed by atoms with Gasteiger partial charge in [0.25, 0.3) is 0 Å². The van der Waals surface area contributed by atoms with Crippen molar-refractivity contribution in [3.63, 3.8) is 0 Å². The first-order valence-electron chi connectivity index (χ1n) is 45.3. The maximum atomic E-state index is 14.8. The molecule has 0 aliphatic carbocycles. The summed E-state index contributed by atoms with van der Waals surface area (Å²) in [5, 5.41) is 143. The molecule has 20 unspecified atom stereocenters. The molecular weight excluding hydrogens is 1790 g/mol. The Morgan fingerprint density at radius 1 is 0.291 bits per heavy atom. The fourth-order valence-electron chi connectivity index (χ4n) is 13.9. The zero-order chi connectivity index (χ0) is 98.9. The van der Waals surface area contributed by atoms with E-state index in [9.17, 15) is 119 Å². The third kappa shape index (κ3) is 46.9. The number of aliphatic hydroxyl groups is 12. The molecule has 11 amide bonds. The second-order valence-electron chi connectivity index (χ2n) is 32.2. The summed E-state index contributed by atoms with van der Waals surface area (Å²) in [6, 6.07) is -4.74. The van der Waals surface area contributed by atoms with E-state index in [1.807, 2.05) is 13.8 Å². The number of rotatable bonds is 72. The topological polar surface area (TPSA) is 701 Å². The molecule has 774 valence electrons. The highest BCUT2D eigenvalue weighted by atomic mass is 16.7. The van der Waals surface area contributed by atoms with Gasteiger partial charge >= 0.3 is 0 Å². The van der Waals surface area contributed by atoms with Crippen molar-refractivity contribution in [1.29, 1.82) is 0 Å². The van der Waals surface area contributed by atoms with Gasteiger partial charge in [-0.15, -0.1) is 0 Å². The van der Waals surface area contributed by atoms with Crippen LogP contribution < -0.4 is 42.5 Å². The van der Waals surface area contributed by atoms with Crippen LogP contribution in [-0.2, 0) is 133 Å². The van der Waals surface area contributed by atoms with E-state index in [0.717, 1.165) is 43.4 Å². The van der Waals surface area contributed by atoms with Gasteiger partial charge in [0.1, 0.15) is 143 Å². The molecule has 51 heteroatoms. The third-order valence-corrected chi connectivity index (χ3v) is 21.2. The smallest absolute Gasteiger partial charge is 0.246 e. The lowest BCUT2D eigenvalue weighted by atomic mass is 9.97. The van der Waals surface area contributed by atoms with Crippen LogP contribution in [0.25, 0.3) is 0 Å². The van der Waals surface area contributed by atoms with Crippen molar-refractivity contribution >= 4 is 70.8 Å². The number of hydrogen-bond acceptors (Lipinski definition) is 40. The third-order valence-electron chi connectivity index (χ3n) is 21.2. The van der Waals surface area contributed by atoms with E-state index in [4.69, 9.17) is 75.8 Å². The SMILES string of the molecule is CC(=O)NC1C(OCCOCCNC(=O)COCCN(CCOCC(=O)NCCOCCOC2OC(CO)C(O)C(O)C2NC(C)=O)C(=O)CN(CC(=O)N(CCOCC(=O)NCCOCCOC2OC(CO)C(O)C(O)C2NC(C)=O)CCOCC(=O)NCCOCCOC2OC(CO)C(O)C(O)C2NC(C)=O)C(=O)CCCCCCCCCCC(=O)C(C)C)OC(CO)C(O)C1O. The van der Waals surface area contributed by atoms with Gasteiger partial charge in [-0.3, -0.25) is 57.5 Å². The van der Waals surface area contributed by atoms with Crippen LogP contribution >= 0.6 is 0 Å². The van der Waals surface area contributed by atoms with E-state index >= 15 is 0 Å². The van der Waals surface area contributed by atoms with Crippen LogP contribution in [0.3, 0.4) is 0 Å². The Labute approximate surface area is 778 Å². The van der Waals surface area contributed by atoms with Gasteiger partial charge in [0.2, 0.25) is 65.0 Å². The Bertz CT molecular complexity index is 3040. The number of unbranched alkanes of at least 4 members (excludes halogenated alkanes) is 7. The first-order valence-corrected chi connectivity index (χ1v) is 45.3. The van der Waals surface area contributed by atoms with E-state index in [-0.39, 0.29) is 176 Å². The zero-order valence-corrected chi connectivity index (χ0v) is 77.4. The molecule has 134 heavy (non-hydrogen) atoms. The van der Waals surface area contributed by atoms with Gasteiger partial charge < -0.3 is 194 Å². The van der Waals surface area contributed by atoms with Crippen LogP contribution in [0.5, 0.6) is 0 Å². The van der Waals surface area contributed by atoms with Gasteiger partial charge in [0, 0.05) is 98.8 Å². The molecule has 0 aromatic heterocycles. The van der Waals surface area contributed by atoms with Crippen LogP contribution in [0.15, 0.2) is 0 Å². The molecule has 4 fully saturated rings. The van der Waals surface area contributed by atoms with Gasteiger partial charge in [-0.25, -0.2) is 0 Å². The summed E-state index contributed by atoms with van der Waals surface area (Å²) in [4.78, 5) is 160. The quantitative estimate of drug-likeness (QED) is 0.0251. The summed E-state index contributed by atoms with van der Waals surface area (Å²) < 4.78 is 89.9. The normalized spacial score (nSPS) is 25.1. The first-order chi connectivity index (χ1) is 64.2. The minimum atomic E-state index is -1.54. The van der Waals surface area contributed by atoms with Crippen molar-refractivity contribution in [2.24, 2.45) is 5.92 Å². The number of aliphatic hydroxyl groups excluding tert-OH is 12. The number of ketones is 1. The summed E-state index contributed by atoms with van der Waals surface area (Å²) in [6.07, 6.45) is -15.8. The van der Waals surface area contributed by atoms with Gasteiger partial charge in [0.15, 0.2) is 25.2 Å². The highest BCUT2D eigenvalue weighted by Crippen LogP contribution is 2.27. The molecule has 4 aliphatic heterocycles. The molecule has 4 saturated heterocycles. The molecule has 51 nitrogen and oxygen atoms in total. The van der Waals surface area contributed by atoms with Gasteiger partial charge in [0.05, 0.1) is 132 Å². The van der Waals surface area contributed by atoms with E-state index in [1.165, 1.54) is 37.5 Å². The van der Waals surface area contributed by atoms with Gasteiger partial charge in [-0.2, -0.15) is 0 Å². The minimum absolute atomic E-state index is 0.0248. The highest BCUT2D eigenvalue weighted by Gasteiger charge is 2.49. The van der Waals surface area contributed by atoms with Gasteiger partial charge in [-0.1, -0.05) is 52.4 Å². The Balaban J connectivity index is 1.48. The molecule has 0 spiro atoms.